The summed E-state index contributed by atoms with van der Waals surface area (Å²) in [6, 6.07) is -0.601. The third-order valence-corrected chi connectivity index (χ3v) is 3.58. The van der Waals surface area contributed by atoms with Gasteiger partial charge < -0.3 is 20.1 Å². The van der Waals surface area contributed by atoms with Gasteiger partial charge >= 0.3 is 0 Å². The first-order chi connectivity index (χ1) is 10.5. The first kappa shape index (κ1) is 14.8. The Hall–Kier alpha value is -2.13. The molecule has 0 saturated carbocycles. The molecule has 118 valence electrons. The standard InChI is InChI=1S/C13H15FN4O4/c1-6(19)17-8-4-21-11-9(5-22-10(8)11)18-13(20)12-15-2-7(14)3-16-12/h2-3,8-11H,4-5H2,1H3,(H,17,19)(H,18,20)/t8-,9-,10+,11+/m0/s1. The quantitative estimate of drug-likeness (QED) is 0.744. The minimum Gasteiger partial charge on any atom is -0.371 e. The van der Waals surface area contributed by atoms with E-state index < -0.39 is 11.7 Å². The highest BCUT2D eigenvalue weighted by Crippen LogP contribution is 2.27. The van der Waals surface area contributed by atoms with Crippen molar-refractivity contribution in [1.29, 1.82) is 0 Å². The molecular weight excluding hydrogens is 295 g/mol. The summed E-state index contributed by atoms with van der Waals surface area (Å²) in [6.45, 7) is 2.01. The number of halogens is 1. The molecule has 0 bridgehead atoms. The second-order valence-electron chi connectivity index (χ2n) is 5.21. The molecule has 0 aromatic carbocycles. The summed E-state index contributed by atoms with van der Waals surface area (Å²) in [5, 5.41) is 5.47. The number of rotatable bonds is 3. The molecule has 4 atom stereocenters. The van der Waals surface area contributed by atoms with Gasteiger partial charge in [0.25, 0.3) is 5.91 Å². The number of amides is 2. The molecule has 9 heteroatoms. The molecule has 1 aromatic rings. The molecule has 2 fully saturated rings. The van der Waals surface area contributed by atoms with Gasteiger partial charge in [0.1, 0.15) is 12.2 Å². The molecule has 2 N–H and O–H groups in total. The van der Waals surface area contributed by atoms with Crippen LogP contribution in [0.5, 0.6) is 0 Å². The molecule has 22 heavy (non-hydrogen) atoms. The summed E-state index contributed by atoms with van der Waals surface area (Å²) >= 11 is 0. The Kier molecular flexibility index (Phi) is 3.99. The Bertz CT molecular complexity index is 582. The van der Waals surface area contributed by atoms with Crippen molar-refractivity contribution < 1.29 is 23.5 Å². The van der Waals surface area contributed by atoms with E-state index in [2.05, 4.69) is 20.6 Å². The van der Waals surface area contributed by atoms with Crippen LogP contribution >= 0.6 is 0 Å². The van der Waals surface area contributed by atoms with Crippen LogP contribution in [0.4, 0.5) is 4.39 Å². The van der Waals surface area contributed by atoms with E-state index in [1.165, 1.54) is 6.92 Å². The van der Waals surface area contributed by atoms with Crippen molar-refractivity contribution in [3.8, 4) is 0 Å². The minimum absolute atomic E-state index is 0.124. The topological polar surface area (TPSA) is 102 Å². The highest BCUT2D eigenvalue weighted by molar-refractivity contribution is 5.90. The summed E-state index contributed by atoms with van der Waals surface area (Å²) in [5.41, 5.74) is 0. The van der Waals surface area contributed by atoms with Gasteiger partial charge in [-0.05, 0) is 0 Å². The normalized spacial score (nSPS) is 29.9. The molecule has 2 aliphatic heterocycles. The fourth-order valence-electron chi connectivity index (χ4n) is 2.67. The summed E-state index contributed by atoms with van der Waals surface area (Å²) in [7, 11) is 0. The zero-order valence-electron chi connectivity index (χ0n) is 11.8. The number of hydrogen-bond donors (Lipinski definition) is 2. The van der Waals surface area contributed by atoms with Crippen molar-refractivity contribution in [3.63, 3.8) is 0 Å². The van der Waals surface area contributed by atoms with Crippen molar-refractivity contribution >= 4 is 11.8 Å². The lowest BCUT2D eigenvalue weighted by atomic mass is 10.1. The monoisotopic (exact) mass is 310 g/mol. The highest BCUT2D eigenvalue weighted by Gasteiger charge is 2.48. The van der Waals surface area contributed by atoms with E-state index in [0.29, 0.717) is 6.61 Å². The van der Waals surface area contributed by atoms with Crippen LogP contribution in [-0.4, -0.2) is 59.3 Å². The number of ether oxygens (including phenoxy) is 2. The lowest BCUT2D eigenvalue weighted by molar-refractivity contribution is -0.120. The maximum absolute atomic E-state index is 12.7. The molecule has 2 saturated heterocycles. The summed E-state index contributed by atoms with van der Waals surface area (Å²) in [5.74, 6) is -1.43. The van der Waals surface area contributed by atoms with Crippen LogP contribution < -0.4 is 10.6 Å². The molecule has 1 aromatic heterocycles. The zero-order valence-corrected chi connectivity index (χ0v) is 11.8. The molecule has 3 rings (SSSR count). The summed E-state index contributed by atoms with van der Waals surface area (Å²) in [6.07, 6.45) is 1.20. The van der Waals surface area contributed by atoms with Crippen LogP contribution in [-0.2, 0) is 14.3 Å². The number of nitrogens with zero attached hydrogens (tertiary/aromatic N) is 2. The SMILES string of the molecule is CC(=O)N[C@H]1CO[C@H]2[C@@H]1OC[C@@H]2NC(=O)c1ncc(F)cn1. The largest absolute Gasteiger partial charge is 0.371 e. The van der Waals surface area contributed by atoms with Gasteiger partial charge in [0.05, 0.1) is 37.7 Å². The van der Waals surface area contributed by atoms with Gasteiger partial charge in [-0.15, -0.1) is 0 Å². The summed E-state index contributed by atoms with van der Waals surface area (Å²) < 4.78 is 24.0. The molecule has 3 heterocycles. The fourth-order valence-corrected chi connectivity index (χ4v) is 2.67. The Labute approximate surface area is 125 Å². The van der Waals surface area contributed by atoms with Crippen molar-refractivity contribution in [2.24, 2.45) is 0 Å². The summed E-state index contributed by atoms with van der Waals surface area (Å²) in [4.78, 5) is 30.4. The number of nitrogens with one attached hydrogen (secondary N) is 2. The predicted octanol–water partition coefficient (Wildman–Crippen LogP) is -0.984. The number of carbonyl (C=O) groups is 2. The minimum atomic E-state index is -0.613. The first-order valence-electron chi connectivity index (χ1n) is 6.83. The predicted molar refractivity (Wildman–Crippen MR) is 70.3 cm³/mol. The van der Waals surface area contributed by atoms with Crippen LogP contribution in [0.2, 0.25) is 0 Å². The fraction of sp³-hybridized carbons (Fsp3) is 0.538. The van der Waals surface area contributed by atoms with Gasteiger partial charge in [-0.3, -0.25) is 9.59 Å². The number of fused-ring (bicyclic) bond motifs is 1. The van der Waals surface area contributed by atoms with E-state index in [0.717, 1.165) is 12.4 Å². The van der Waals surface area contributed by atoms with Gasteiger partial charge in [-0.2, -0.15) is 0 Å². The van der Waals surface area contributed by atoms with E-state index in [1.807, 2.05) is 0 Å². The molecule has 0 spiro atoms. The second-order valence-corrected chi connectivity index (χ2v) is 5.21. The molecule has 2 amide bonds. The van der Waals surface area contributed by atoms with E-state index in [-0.39, 0.29) is 42.6 Å². The molecule has 0 aliphatic carbocycles. The molecule has 0 unspecified atom stereocenters. The second kappa shape index (κ2) is 5.93. The third-order valence-electron chi connectivity index (χ3n) is 3.58. The van der Waals surface area contributed by atoms with Crippen molar-refractivity contribution in [2.75, 3.05) is 13.2 Å². The first-order valence-corrected chi connectivity index (χ1v) is 6.83. The zero-order chi connectivity index (χ0) is 15.7. The smallest absolute Gasteiger partial charge is 0.289 e. The van der Waals surface area contributed by atoms with Gasteiger partial charge in [-0.25, -0.2) is 14.4 Å². The molecule has 8 nitrogen and oxygen atoms in total. The Morgan fingerprint density at radius 3 is 2.23 bits per heavy atom. The maximum atomic E-state index is 12.7. The van der Waals surface area contributed by atoms with E-state index in [1.54, 1.807) is 0 Å². The van der Waals surface area contributed by atoms with Gasteiger partial charge in [-0.1, -0.05) is 0 Å². The molecular formula is C13H15FN4O4. The van der Waals surface area contributed by atoms with Crippen LogP contribution in [0, 0.1) is 5.82 Å². The van der Waals surface area contributed by atoms with E-state index in [9.17, 15) is 14.0 Å². The maximum Gasteiger partial charge on any atom is 0.289 e. The van der Waals surface area contributed by atoms with Crippen molar-refractivity contribution in [1.82, 2.24) is 20.6 Å². The van der Waals surface area contributed by atoms with Crippen LogP contribution in [0.15, 0.2) is 12.4 Å². The Morgan fingerprint density at radius 1 is 1.14 bits per heavy atom. The highest BCUT2D eigenvalue weighted by atomic mass is 19.1. The Morgan fingerprint density at radius 2 is 1.68 bits per heavy atom. The van der Waals surface area contributed by atoms with Crippen molar-refractivity contribution in [3.05, 3.63) is 24.0 Å². The van der Waals surface area contributed by atoms with E-state index in [4.69, 9.17) is 9.47 Å². The van der Waals surface area contributed by atoms with Gasteiger partial charge in [0, 0.05) is 6.92 Å². The average molecular weight is 310 g/mol. The van der Waals surface area contributed by atoms with Gasteiger partial charge in [0.15, 0.2) is 5.82 Å². The molecule has 2 aliphatic rings. The number of hydrogen-bond acceptors (Lipinski definition) is 6. The average Bonchev–Trinajstić information content (AvgIpc) is 3.03. The van der Waals surface area contributed by atoms with Gasteiger partial charge in [0.2, 0.25) is 11.7 Å². The van der Waals surface area contributed by atoms with E-state index >= 15 is 0 Å². The lowest BCUT2D eigenvalue weighted by Gasteiger charge is -2.17. The Balaban J connectivity index is 1.61. The number of carbonyl (C=O) groups excluding carboxylic acids is 2. The lowest BCUT2D eigenvalue weighted by Crippen LogP contribution is -2.46. The van der Waals surface area contributed by atoms with Crippen molar-refractivity contribution in [2.45, 2.75) is 31.2 Å². The number of aromatic nitrogens is 2. The molecule has 0 radical (unpaired) electrons. The van der Waals surface area contributed by atoms with Crippen LogP contribution in [0.1, 0.15) is 17.5 Å². The van der Waals surface area contributed by atoms with Crippen LogP contribution in [0.3, 0.4) is 0 Å². The third kappa shape index (κ3) is 2.90. The van der Waals surface area contributed by atoms with Crippen LogP contribution in [0.25, 0.3) is 0 Å².